The molecule has 0 atom stereocenters. The van der Waals surface area contributed by atoms with Gasteiger partial charge in [0.1, 0.15) is 11.6 Å². The van der Waals surface area contributed by atoms with Gasteiger partial charge in [0.15, 0.2) is 0 Å². The summed E-state index contributed by atoms with van der Waals surface area (Å²) in [5.41, 5.74) is 4.11. The fraction of sp³-hybridized carbons (Fsp3) is 0.300. The van der Waals surface area contributed by atoms with E-state index < -0.39 is 5.97 Å². The largest absolute Gasteiger partial charge is 0.481 e. The number of nitrogens with one attached hydrogen (secondary N) is 1. The first-order valence-corrected chi connectivity index (χ1v) is 8.75. The molecule has 1 fully saturated rings. The molecule has 0 amide bonds. The number of benzene rings is 2. The molecule has 5 nitrogen and oxygen atoms in total. The molecule has 0 radical (unpaired) electrons. The number of piperidine rings is 1. The molecule has 0 spiro atoms. The number of aryl methyl sites for hydroxylation is 1. The number of imidazole rings is 1. The third-order valence-corrected chi connectivity index (χ3v) is 5.05. The van der Waals surface area contributed by atoms with Crippen LogP contribution in [0.2, 0.25) is 0 Å². The Labute approximate surface area is 150 Å². The number of aromatic amines is 1. The van der Waals surface area contributed by atoms with Crippen LogP contribution in [0, 0.1) is 18.7 Å². The van der Waals surface area contributed by atoms with Crippen LogP contribution in [0.5, 0.6) is 0 Å². The summed E-state index contributed by atoms with van der Waals surface area (Å²) in [6.07, 6.45) is 1.21. The molecule has 6 heteroatoms. The number of hydrogen-bond acceptors (Lipinski definition) is 3. The highest BCUT2D eigenvalue weighted by Gasteiger charge is 2.25. The molecule has 0 aliphatic carbocycles. The summed E-state index contributed by atoms with van der Waals surface area (Å²) in [7, 11) is 0. The van der Waals surface area contributed by atoms with Crippen LogP contribution in [0.25, 0.3) is 22.4 Å². The fourth-order valence-electron chi connectivity index (χ4n) is 3.52. The number of anilines is 1. The zero-order chi connectivity index (χ0) is 18.3. The van der Waals surface area contributed by atoms with Crippen molar-refractivity contribution in [2.75, 3.05) is 18.0 Å². The lowest BCUT2D eigenvalue weighted by Crippen LogP contribution is -2.36. The van der Waals surface area contributed by atoms with Crippen molar-refractivity contribution in [1.82, 2.24) is 9.97 Å². The first kappa shape index (κ1) is 16.6. The van der Waals surface area contributed by atoms with Crippen LogP contribution in [0.4, 0.5) is 10.1 Å². The number of H-pyrrole nitrogens is 1. The molecule has 1 aliphatic heterocycles. The van der Waals surface area contributed by atoms with Gasteiger partial charge >= 0.3 is 5.97 Å². The number of aromatic nitrogens is 2. The van der Waals surface area contributed by atoms with Crippen molar-refractivity contribution in [3.63, 3.8) is 0 Å². The Hall–Kier alpha value is -2.89. The second kappa shape index (κ2) is 6.44. The predicted octanol–water partition coefficient (Wildman–Crippen LogP) is 3.98. The van der Waals surface area contributed by atoms with Crippen molar-refractivity contribution in [3.05, 3.63) is 47.8 Å². The van der Waals surface area contributed by atoms with Gasteiger partial charge in [-0.2, -0.15) is 0 Å². The van der Waals surface area contributed by atoms with Crippen molar-refractivity contribution in [2.24, 2.45) is 5.92 Å². The van der Waals surface area contributed by atoms with E-state index in [4.69, 9.17) is 5.11 Å². The molecule has 134 valence electrons. The Bertz CT molecular complexity index is 974. The third-order valence-electron chi connectivity index (χ3n) is 5.05. The number of carboxylic acids is 1. The number of hydrogen-bond donors (Lipinski definition) is 2. The second-order valence-corrected chi connectivity index (χ2v) is 6.87. The summed E-state index contributed by atoms with van der Waals surface area (Å²) >= 11 is 0. The maximum absolute atomic E-state index is 14.4. The minimum Gasteiger partial charge on any atom is -0.481 e. The number of aliphatic carboxylic acids is 1. The van der Waals surface area contributed by atoms with Crippen molar-refractivity contribution >= 4 is 22.7 Å². The number of fused-ring (bicyclic) bond motifs is 1. The standard InChI is InChI=1S/C20H20FN3O2/c1-12-2-5-17-18(10-12)23-19(22-17)15-11-14(3-4-16(15)21)24-8-6-13(7-9-24)20(25)26/h2-5,10-11,13H,6-9H2,1H3,(H,22,23)(H,25,26). The van der Waals surface area contributed by atoms with Gasteiger partial charge in [-0.3, -0.25) is 4.79 Å². The molecule has 4 rings (SSSR count). The van der Waals surface area contributed by atoms with Gasteiger partial charge in [-0.05, 0) is 55.7 Å². The molecule has 0 saturated carbocycles. The summed E-state index contributed by atoms with van der Waals surface area (Å²) in [5, 5.41) is 9.13. The quantitative estimate of drug-likeness (QED) is 0.747. The summed E-state index contributed by atoms with van der Waals surface area (Å²) in [4.78, 5) is 20.9. The van der Waals surface area contributed by atoms with Crippen LogP contribution in [-0.2, 0) is 4.79 Å². The first-order valence-electron chi connectivity index (χ1n) is 8.75. The smallest absolute Gasteiger partial charge is 0.306 e. The molecule has 2 heterocycles. The Morgan fingerprint density at radius 1 is 1.23 bits per heavy atom. The Morgan fingerprint density at radius 3 is 2.73 bits per heavy atom. The topological polar surface area (TPSA) is 69.2 Å². The van der Waals surface area contributed by atoms with E-state index in [1.54, 1.807) is 12.1 Å². The molecule has 2 N–H and O–H groups in total. The van der Waals surface area contributed by atoms with Gasteiger partial charge in [0.2, 0.25) is 0 Å². The molecule has 2 aromatic carbocycles. The predicted molar refractivity (Wildman–Crippen MR) is 98.8 cm³/mol. The SMILES string of the molecule is Cc1ccc2[nH]c(-c3cc(N4CCC(C(=O)O)CC4)ccc3F)nc2c1. The normalized spacial score (nSPS) is 15.5. The van der Waals surface area contributed by atoms with Crippen LogP contribution in [-0.4, -0.2) is 34.1 Å². The molecule has 1 saturated heterocycles. The van der Waals surface area contributed by atoms with E-state index in [1.807, 2.05) is 25.1 Å². The summed E-state index contributed by atoms with van der Waals surface area (Å²) in [6, 6.07) is 10.9. The Balaban J connectivity index is 1.65. The number of rotatable bonds is 3. The lowest BCUT2D eigenvalue weighted by atomic mass is 9.96. The molecular weight excluding hydrogens is 333 g/mol. The van der Waals surface area contributed by atoms with Crippen LogP contribution < -0.4 is 4.90 Å². The van der Waals surface area contributed by atoms with Gasteiger partial charge in [-0.15, -0.1) is 0 Å². The van der Waals surface area contributed by atoms with Crippen LogP contribution >= 0.6 is 0 Å². The average Bonchev–Trinajstić information content (AvgIpc) is 3.05. The third kappa shape index (κ3) is 3.03. The van der Waals surface area contributed by atoms with Gasteiger partial charge < -0.3 is 15.0 Å². The molecule has 3 aromatic rings. The van der Waals surface area contributed by atoms with E-state index in [1.165, 1.54) is 6.07 Å². The number of carbonyl (C=O) groups is 1. The zero-order valence-corrected chi connectivity index (χ0v) is 14.5. The maximum atomic E-state index is 14.4. The highest BCUT2D eigenvalue weighted by Crippen LogP contribution is 2.30. The number of halogens is 1. The monoisotopic (exact) mass is 353 g/mol. The molecule has 26 heavy (non-hydrogen) atoms. The maximum Gasteiger partial charge on any atom is 0.306 e. The van der Waals surface area contributed by atoms with E-state index in [9.17, 15) is 9.18 Å². The van der Waals surface area contributed by atoms with Crippen molar-refractivity contribution < 1.29 is 14.3 Å². The van der Waals surface area contributed by atoms with Crippen molar-refractivity contribution in [2.45, 2.75) is 19.8 Å². The van der Waals surface area contributed by atoms with Gasteiger partial charge in [-0.25, -0.2) is 9.37 Å². The molecule has 1 aliphatic rings. The molecule has 0 bridgehead atoms. The summed E-state index contributed by atoms with van der Waals surface area (Å²) in [6.45, 7) is 3.30. The van der Waals surface area contributed by atoms with E-state index in [2.05, 4.69) is 14.9 Å². The van der Waals surface area contributed by atoms with Crippen LogP contribution in [0.15, 0.2) is 36.4 Å². The van der Waals surface area contributed by atoms with Gasteiger partial charge in [0, 0.05) is 18.8 Å². The fourth-order valence-corrected chi connectivity index (χ4v) is 3.52. The van der Waals surface area contributed by atoms with Gasteiger partial charge in [0.05, 0.1) is 22.5 Å². The Kier molecular flexibility index (Phi) is 4.11. The minimum absolute atomic E-state index is 0.287. The van der Waals surface area contributed by atoms with Crippen LogP contribution in [0.3, 0.4) is 0 Å². The molecular formula is C20H20FN3O2. The zero-order valence-electron chi connectivity index (χ0n) is 14.5. The minimum atomic E-state index is -0.734. The van der Waals surface area contributed by atoms with Crippen LogP contribution in [0.1, 0.15) is 18.4 Å². The summed E-state index contributed by atoms with van der Waals surface area (Å²) in [5.74, 6) is -0.845. The highest BCUT2D eigenvalue weighted by atomic mass is 19.1. The summed E-state index contributed by atoms with van der Waals surface area (Å²) < 4.78 is 14.4. The Morgan fingerprint density at radius 2 is 2.00 bits per heavy atom. The van der Waals surface area contributed by atoms with E-state index in [0.29, 0.717) is 37.3 Å². The number of carboxylic acid groups (broad SMARTS) is 1. The lowest BCUT2D eigenvalue weighted by molar-refractivity contribution is -0.142. The van der Waals surface area contributed by atoms with Gasteiger partial charge in [-0.1, -0.05) is 6.07 Å². The van der Waals surface area contributed by atoms with Crippen molar-refractivity contribution in [1.29, 1.82) is 0 Å². The lowest BCUT2D eigenvalue weighted by Gasteiger charge is -2.32. The van der Waals surface area contributed by atoms with E-state index in [0.717, 1.165) is 22.3 Å². The second-order valence-electron chi connectivity index (χ2n) is 6.87. The van der Waals surface area contributed by atoms with Crippen molar-refractivity contribution in [3.8, 4) is 11.4 Å². The molecule has 0 unspecified atom stereocenters. The molecule has 1 aromatic heterocycles. The average molecular weight is 353 g/mol. The highest BCUT2D eigenvalue weighted by molar-refractivity contribution is 5.80. The van der Waals surface area contributed by atoms with E-state index >= 15 is 0 Å². The van der Waals surface area contributed by atoms with E-state index in [-0.39, 0.29) is 11.7 Å². The number of nitrogens with zero attached hydrogens (tertiary/aromatic N) is 2. The first-order chi connectivity index (χ1) is 12.5. The van der Waals surface area contributed by atoms with Gasteiger partial charge in [0.25, 0.3) is 0 Å².